The zero-order chi connectivity index (χ0) is 47.2. The van der Waals surface area contributed by atoms with E-state index in [1.54, 1.807) is 29.2 Å². The second kappa shape index (κ2) is 18.7. The zero-order valence-corrected chi connectivity index (χ0v) is 38.2. The summed E-state index contributed by atoms with van der Waals surface area (Å²) in [5.74, 6) is -1.80. The van der Waals surface area contributed by atoms with Gasteiger partial charge in [0.25, 0.3) is 11.8 Å². The number of nitrogens with zero attached hydrogens (tertiary/aromatic N) is 6. The maximum Gasteiger partial charge on any atom is 0.352 e. The first-order valence-electron chi connectivity index (χ1n) is 22.9. The van der Waals surface area contributed by atoms with Crippen LogP contribution in [0.15, 0.2) is 66.7 Å². The molecule has 4 aromatic carbocycles. The minimum absolute atomic E-state index is 0.127. The van der Waals surface area contributed by atoms with Crippen LogP contribution in [0.2, 0.25) is 5.02 Å². The van der Waals surface area contributed by atoms with E-state index in [4.69, 9.17) is 30.9 Å². The molecule has 0 aliphatic carbocycles. The number of carboxylic acid groups (broad SMARTS) is 1. The number of nitrogens with one attached hydrogen (secondary N) is 1. The van der Waals surface area contributed by atoms with Crippen LogP contribution in [0.4, 0.5) is 4.39 Å². The summed E-state index contributed by atoms with van der Waals surface area (Å²) < 4.78 is 35.9. The third kappa shape index (κ3) is 8.43. The summed E-state index contributed by atoms with van der Waals surface area (Å²) in [5.41, 5.74) is 5.69. The van der Waals surface area contributed by atoms with Gasteiger partial charge in [-0.2, -0.15) is 5.10 Å². The van der Waals surface area contributed by atoms with E-state index in [1.165, 1.54) is 17.0 Å². The maximum absolute atomic E-state index is 14.0. The second-order valence-corrected chi connectivity index (χ2v) is 18.0. The minimum Gasteiger partial charge on any atom is -0.493 e. The Kier molecular flexibility index (Phi) is 12.4. The Balaban J connectivity index is 0.851. The summed E-state index contributed by atoms with van der Waals surface area (Å²) >= 11 is 7.13. The Bertz CT molecular complexity index is 3030. The summed E-state index contributed by atoms with van der Waals surface area (Å²) in [6, 6.07) is 18.0. The monoisotopic (exact) mass is 945 g/mol. The Hall–Kier alpha value is -6.82. The van der Waals surface area contributed by atoms with Crippen LogP contribution in [0.5, 0.6) is 11.5 Å². The van der Waals surface area contributed by atoms with Crippen LogP contribution in [0.25, 0.3) is 32.8 Å². The summed E-state index contributed by atoms with van der Waals surface area (Å²) in [6.45, 7) is 6.28. The number of aromatic nitrogens is 3. The zero-order valence-electron chi connectivity index (χ0n) is 37.4. The quantitative estimate of drug-likeness (QED) is 0.0970. The number of rotatable bonds is 14. The van der Waals surface area contributed by atoms with Gasteiger partial charge in [-0.15, -0.1) is 0 Å². The van der Waals surface area contributed by atoms with Gasteiger partial charge >= 0.3 is 5.97 Å². The second-order valence-electron chi connectivity index (χ2n) is 17.6. The lowest BCUT2D eigenvalue weighted by atomic mass is 9.98. The molecule has 68 heavy (non-hydrogen) atoms. The lowest BCUT2D eigenvalue weighted by molar-refractivity contribution is -0.137. The molecule has 1 atom stereocenters. The van der Waals surface area contributed by atoms with Crippen LogP contribution in [0.1, 0.15) is 62.6 Å². The fourth-order valence-corrected chi connectivity index (χ4v) is 10.5. The van der Waals surface area contributed by atoms with Crippen LogP contribution in [0.3, 0.4) is 0 Å². The van der Waals surface area contributed by atoms with Crippen molar-refractivity contribution in [2.45, 2.75) is 64.9 Å². The molecule has 4 amide bonds. The highest BCUT2D eigenvalue weighted by atomic mass is 35.5. The van der Waals surface area contributed by atoms with Gasteiger partial charge in [-0.1, -0.05) is 35.9 Å². The number of amides is 4. The molecule has 352 valence electrons. The Morgan fingerprint density at radius 2 is 1.74 bits per heavy atom. The predicted octanol–water partition coefficient (Wildman–Crippen LogP) is 5.98. The van der Waals surface area contributed by atoms with Gasteiger partial charge in [-0.3, -0.25) is 34.1 Å². The molecule has 2 aromatic heterocycles. The number of ether oxygens (including phenoxy) is 3. The molecular weight excluding hydrogens is 897 g/mol. The smallest absolute Gasteiger partial charge is 0.352 e. The van der Waals surface area contributed by atoms with Gasteiger partial charge in [0.15, 0.2) is 6.61 Å². The van der Waals surface area contributed by atoms with Gasteiger partial charge < -0.3 is 33.7 Å². The summed E-state index contributed by atoms with van der Waals surface area (Å²) in [6.07, 6.45) is 1.27. The Labute approximate surface area is 395 Å². The third-order valence-corrected chi connectivity index (χ3v) is 13.9. The largest absolute Gasteiger partial charge is 0.493 e. The molecule has 4 aliphatic rings. The van der Waals surface area contributed by atoms with E-state index in [0.29, 0.717) is 123 Å². The molecule has 4 aliphatic heterocycles. The first-order valence-corrected chi connectivity index (χ1v) is 23.2. The van der Waals surface area contributed by atoms with Gasteiger partial charge in [-0.05, 0) is 79.6 Å². The van der Waals surface area contributed by atoms with Gasteiger partial charge in [-0.25, -0.2) is 9.18 Å². The van der Waals surface area contributed by atoms with E-state index in [2.05, 4.69) is 10.2 Å². The van der Waals surface area contributed by atoms with Crippen molar-refractivity contribution >= 4 is 62.9 Å². The van der Waals surface area contributed by atoms with Gasteiger partial charge in [0.1, 0.15) is 29.1 Å². The molecule has 1 unspecified atom stereocenters. The van der Waals surface area contributed by atoms with Crippen LogP contribution in [-0.4, -0.2) is 122 Å². The topological polar surface area (TPSA) is 178 Å². The normalized spacial score (nSPS) is 17.5. The lowest BCUT2D eigenvalue weighted by Gasteiger charge is -2.35. The molecular formula is C50H49ClFN7O9. The fraction of sp³-hybridized carbons (Fsp3) is 0.360. The predicted molar refractivity (Wildman–Crippen MR) is 248 cm³/mol. The maximum atomic E-state index is 14.0. The molecule has 18 heteroatoms. The molecule has 2 fully saturated rings. The lowest BCUT2D eigenvalue weighted by Crippen LogP contribution is -2.52. The summed E-state index contributed by atoms with van der Waals surface area (Å²) in [7, 11) is 0. The minimum atomic E-state index is -1.07. The molecule has 2 N–H and O–H groups in total. The summed E-state index contributed by atoms with van der Waals surface area (Å²) in [4.78, 5) is 70.0. The van der Waals surface area contributed by atoms with Crippen molar-refractivity contribution in [3.05, 3.63) is 111 Å². The highest BCUT2D eigenvalue weighted by Gasteiger charge is 2.40. The average Bonchev–Trinajstić information content (AvgIpc) is 3.96. The Morgan fingerprint density at radius 3 is 2.54 bits per heavy atom. The van der Waals surface area contributed by atoms with Gasteiger partial charge in [0.2, 0.25) is 11.8 Å². The number of piperidine rings is 1. The van der Waals surface area contributed by atoms with Crippen LogP contribution in [-0.2, 0) is 51.8 Å². The van der Waals surface area contributed by atoms with E-state index < -0.39 is 17.9 Å². The number of aromatic carboxylic acids is 1. The molecule has 6 aromatic rings. The number of halogens is 2. The fourth-order valence-electron chi connectivity index (χ4n) is 10.2. The number of benzene rings is 4. The van der Waals surface area contributed by atoms with Crippen molar-refractivity contribution in [1.82, 2.24) is 34.4 Å². The molecule has 10 rings (SSSR count). The molecule has 0 bridgehead atoms. The highest BCUT2D eigenvalue weighted by Crippen LogP contribution is 2.43. The van der Waals surface area contributed by atoms with Crippen molar-refractivity contribution in [2.75, 3.05) is 52.5 Å². The van der Waals surface area contributed by atoms with Crippen molar-refractivity contribution in [3.63, 3.8) is 0 Å². The van der Waals surface area contributed by atoms with Crippen LogP contribution < -0.4 is 14.8 Å². The van der Waals surface area contributed by atoms with Crippen molar-refractivity contribution < 1.29 is 47.7 Å². The standard InChI is InChI=1S/C50H49ClFN7O9/c1-29-44(39-27-66-24-22-59(39)54-29)45-37(51)13-12-34-33(7-4-23-67-40-8-2-5-30-25-31(52)10-11-32(30)40)47(50(64)65)57(46(34)45)21-18-55-16-19-56(20-17-55)43(61)28-68-41-9-3-6-35-36(41)26-58(49(35)63)38-14-15-42(60)53-48(38)62/h2-3,5-6,8-13,25,38H,4,7,14-24,26-28H2,1H3,(H,64,65)(H,53,60,62). The van der Waals surface area contributed by atoms with E-state index in [1.807, 2.05) is 46.5 Å². The molecule has 2 saturated heterocycles. The van der Waals surface area contributed by atoms with Crippen molar-refractivity contribution in [1.29, 1.82) is 0 Å². The molecule has 0 radical (unpaired) electrons. The van der Waals surface area contributed by atoms with E-state index in [9.17, 15) is 33.5 Å². The van der Waals surface area contributed by atoms with E-state index in [0.717, 1.165) is 33.1 Å². The first-order chi connectivity index (χ1) is 32.9. The SMILES string of the molecule is Cc1nn2c(c1-c1c(Cl)ccc3c(CCCOc4cccc5cc(F)ccc45)c(C(=O)O)n(CCN4CCN(C(=O)COc5cccc6c5CN(C5CCC(=O)NC5=O)C6=O)CC4)c13)COCC2. The number of hydrogen-bond donors (Lipinski definition) is 2. The van der Waals surface area contributed by atoms with Gasteiger partial charge in [0.05, 0.1) is 54.8 Å². The van der Waals surface area contributed by atoms with E-state index >= 15 is 0 Å². The highest BCUT2D eigenvalue weighted by molar-refractivity contribution is 6.35. The average molecular weight is 946 g/mol. The third-order valence-electron chi connectivity index (χ3n) is 13.5. The summed E-state index contributed by atoms with van der Waals surface area (Å²) in [5, 5.41) is 20.9. The first kappa shape index (κ1) is 45.0. The van der Waals surface area contributed by atoms with Crippen molar-refractivity contribution in [2.24, 2.45) is 0 Å². The van der Waals surface area contributed by atoms with Crippen LogP contribution >= 0.6 is 11.6 Å². The molecule has 0 saturated carbocycles. The number of carbonyl (C=O) groups excluding carboxylic acids is 4. The number of carboxylic acids is 1. The number of carbonyl (C=O) groups is 5. The molecule has 6 heterocycles. The van der Waals surface area contributed by atoms with Crippen molar-refractivity contribution in [3.8, 4) is 22.6 Å². The number of piperazine rings is 1. The number of fused-ring (bicyclic) bond motifs is 4. The van der Waals surface area contributed by atoms with Gasteiger partial charge in [0, 0.05) is 78.7 Å². The number of imide groups is 1. The molecule has 16 nitrogen and oxygen atoms in total. The Morgan fingerprint density at radius 1 is 0.941 bits per heavy atom. The molecule has 0 spiro atoms. The number of aryl methyl sites for hydroxylation is 2. The number of hydrogen-bond acceptors (Lipinski definition) is 10. The van der Waals surface area contributed by atoms with Crippen LogP contribution in [0, 0.1) is 12.7 Å². The van der Waals surface area contributed by atoms with E-state index in [-0.39, 0.29) is 55.2 Å².